The van der Waals surface area contributed by atoms with Crippen molar-refractivity contribution in [2.24, 2.45) is 4.99 Å². The predicted octanol–water partition coefficient (Wildman–Crippen LogP) is 3.93. The van der Waals surface area contributed by atoms with Gasteiger partial charge in [-0.2, -0.15) is 10.4 Å². The third-order valence-corrected chi connectivity index (χ3v) is 3.56. The van der Waals surface area contributed by atoms with Crippen molar-refractivity contribution in [2.75, 3.05) is 0 Å². The number of hydrogen-bond acceptors (Lipinski definition) is 3. The van der Waals surface area contributed by atoms with Gasteiger partial charge in [-0.1, -0.05) is 18.1 Å². The van der Waals surface area contributed by atoms with Crippen LogP contribution in [0.25, 0.3) is 5.69 Å². The number of aliphatic imine (C=N–C) groups is 1. The number of benzene rings is 1. The van der Waals surface area contributed by atoms with Crippen LogP contribution in [-0.4, -0.2) is 15.5 Å². The van der Waals surface area contributed by atoms with Crippen LogP contribution in [0.5, 0.6) is 0 Å². The van der Waals surface area contributed by atoms with Crippen molar-refractivity contribution in [3.63, 3.8) is 0 Å². The average molecular weight is 330 g/mol. The number of rotatable bonds is 1. The summed E-state index contributed by atoms with van der Waals surface area (Å²) >= 11 is 0. The van der Waals surface area contributed by atoms with Gasteiger partial charge in [-0.25, -0.2) is 9.07 Å². The molecule has 4 nitrogen and oxygen atoms in total. The van der Waals surface area contributed by atoms with Crippen molar-refractivity contribution in [1.29, 1.82) is 5.26 Å². The zero-order valence-corrected chi connectivity index (χ0v) is 13.5. The smallest absolute Gasteiger partial charge is 0.126 e. The first-order chi connectivity index (χ1) is 12.2. The van der Waals surface area contributed by atoms with Crippen molar-refractivity contribution in [1.82, 2.24) is 9.78 Å². The van der Waals surface area contributed by atoms with E-state index >= 15 is 0 Å². The minimum absolute atomic E-state index is 0.249. The molecule has 0 atom stereocenters. The summed E-state index contributed by atoms with van der Waals surface area (Å²) in [6.07, 6.45) is 13.9. The minimum atomic E-state index is -0.475. The van der Waals surface area contributed by atoms with Crippen LogP contribution in [0.4, 0.5) is 4.39 Å². The molecule has 0 unspecified atom stereocenters. The van der Waals surface area contributed by atoms with E-state index in [1.807, 2.05) is 18.2 Å². The van der Waals surface area contributed by atoms with Gasteiger partial charge in [-0.15, -0.1) is 0 Å². The molecule has 1 aliphatic rings. The van der Waals surface area contributed by atoms with Crippen molar-refractivity contribution in [2.45, 2.75) is 19.3 Å². The summed E-state index contributed by atoms with van der Waals surface area (Å²) in [6.45, 7) is 0. The largest absolute Gasteiger partial charge is 0.252 e. The van der Waals surface area contributed by atoms with Gasteiger partial charge in [0.05, 0.1) is 34.8 Å². The molecule has 0 bridgehead atoms. The molecular weight excluding hydrogens is 315 g/mol. The van der Waals surface area contributed by atoms with Crippen LogP contribution in [0.2, 0.25) is 0 Å². The van der Waals surface area contributed by atoms with Gasteiger partial charge < -0.3 is 0 Å². The van der Waals surface area contributed by atoms with Gasteiger partial charge in [-0.05, 0) is 49.5 Å². The minimum Gasteiger partial charge on any atom is -0.252 e. The second-order valence-corrected chi connectivity index (χ2v) is 5.47. The normalized spacial score (nSPS) is 18.3. The summed E-state index contributed by atoms with van der Waals surface area (Å²) in [5, 5.41) is 13.1. The fraction of sp³-hybridized carbons (Fsp3) is 0.150. The molecule has 0 fully saturated rings. The molecule has 0 N–H and O–H groups in total. The molecule has 0 aliphatic carbocycles. The van der Waals surface area contributed by atoms with Crippen LogP contribution in [0.1, 0.15) is 30.4 Å². The zero-order valence-electron chi connectivity index (χ0n) is 13.5. The molecular formula is C20H15FN4. The Kier molecular flexibility index (Phi) is 5.19. The first-order valence-corrected chi connectivity index (χ1v) is 7.91. The van der Waals surface area contributed by atoms with Gasteiger partial charge in [0.1, 0.15) is 5.82 Å². The van der Waals surface area contributed by atoms with E-state index in [0.717, 1.165) is 25.0 Å². The highest BCUT2D eigenvalue weighted by Gasteiger charge is 2.04. The Bertz CT molecular complexity index is 962. The zero-order chi connectivity index (χ0) is 17.5. The summed E-state index contributed by atoms with van der Waals surface area (Å²) in [7, 11) is 0. The second-order valence-electron chi connectivity index (χ2n) is 5.47. The molecule has 0 amide bonds. The molecule has 1 aliphatic heterocycles. The van der Waals surface area contributed by atoms with Crippen molar-refractivity contribution < 1.29 is 4.39 Å². The van der Waals surface area contributed by atoms with Gasteiger partial charge in [-0.3, -0.25) is 4.99 Å². The Hall–Kier alpha value is -3.44. The topological polar surface area (TPSA) is 54.0 Å². The van der Waals surface area contributed by atoms with Crippen LogP contribution < -0.4 is 0 Å². The standard InChI is InChI=1S/C20H15FN4/c21-18-10-17(13-22)11-20(12-18)25-15-16(14-24-25)7-8-19-6-4-2-1-3-5-9-23-19/h1,3,5,9-12,14-15H,2,4,6H2/b3-1-,9-5-,23-19+. The van der Waals surface area contributed by atoms with Gasteiger partial charge in [0, 0.05) is 12.4 Å². The number of nitriles is 1. The Morgan fingerprint density at radius 2 is 2.04 bits per heavy atom. The number of allylic oxidation sites excluding steroid dienone is 3. The molecule has 3 rings (SSSR count). The van der Waals surface area contributed by atoms with E-state index in [0.29, 0.717) is 11.3 Å². The lowest BCUT2D eigenvalue weighted by molar-refractivity contribution is 0.625. The van der Waals surface area contributed by atoms with Gasteiger partial charge in [0.25, 0.3) is 0 Å². The van der Waals surface area contributed by atoms with Crippen LogP contribution in [0.3, 0.4) is 0 Å². The Labute approximate surface area is 145 Å². The maximum atomic E-state index is 13.6. The maximum absolute atomic E-state index is 13.6. The fourth-order valence-corrected chi connectivity index (χ4v) is 2.35. The molecule has 1 aromatic heterocycles. The molecule has 0 spiro atoms. The lowest BCUT2D eigenvalue weighted by Crippen LogP contribution is -1.96. The highest BCUT2D eigenvalue weighted by molar-refractivity contribution is 6.01. The third kappa shape index (κ3) is 4.53. The van der Waals surface area contributed by atoms with Crippen molar-refractivity contribution >= 4 is 5.71 Å². The lowest BCUT2D eigenvalue weighted by atomic mass is 10.1. The molecule has 1 aromatic carbocycles. The number of hydrogen-bond donors (Lipinski definition) is 0. The van der Waals surface area contributed by atoms with E-state index in [1.54, 1.807) is 24.7 Å². The Balaban J connectivity index is 1.82. The molecule has 25 heavy (non-hydrogen) atoms. The SMILES string of the molecule is N#Cc1cc(F)cc(-n2cc(C#C/C3=N/C=C\C=C/CCC3)cn2)c1. The number of aromatic nitrogens is 2. The van der Waals surface area contributed by atoms with Crippen LogP contribution in [0, 0.1) is 29.0 Å². The number of halogens is 1. The maximum Gasteiger partial charge on any atom is 0.126 e. The summed E-state index contributed by atoms with van der Waals surface area (Å²) < 4.78 is 15.1. The monoisotopic (exact) mass is 330 g/mol. The summed E-state index contributed by atoms with van der Waals surface area (Å²) in [4.78, 5) is 4.36. The van der Waals surface area contributed by atoms with Crippen LogP contribution in [-0.2, 0) is 0 Å². The molecule has 0 saturated carbocycles. The summed E-state index contributed by atoms with van der Waals surface area (Å²) in [6, 6.07) is 6.02. The first-order valence-electron chi connectivity index (χ1n) is 7.91. The van der Waals surface area contributed by atoms with E-state index in [2.05, 4.69) is 28.0 Å². The highest BCUT2D eigenvalue weighted by Crippen LogP contribution is 2.13. The Morgan fingerprint density at radius 1 is 1.12 bits per heavy atom. The van der Waals surface area contributed by atoms with E-state index in [1.165, 1.54) is 16.8 Å². The van der Waals surface area contributed by atoms with E-state index in [-0.39, 0.29) is 5.56 Å². The van der Waals surface area contributed by atoms with Crippen LogP contribution >= 0.6 is 0 Å². The van der Waals surface area contributed by atoms with Crippen LogP contribution in [0.15, 0.2) is 60.0 Å². The average Bonchev–Trinajstić information content (AvgIpc) is 3.13. The number of nitrogens with zero attached hydrogens (tertiary/aromatic N) is 4. The highest BCUT2D eigenvalue weighted by atomic mass is 19.1. The Morgan fingerprint density at radius 3 is 2.92 bits per heavy atom. The molecule has 0 radical (unpaired) electrons. The second kappa shape index (κ2) is 7.90. The molecule has 2 aromatic rings. The van der Waals surface area contributed by atoms with Gasteiger partial charge in [0.15, 0.2) is 0 Å². The van der Waals surface area contributed by atoms with Crippen molar-refractivity contribution in [3.8, 4) is 23.6 Å². The molecule has 5 heteroatoms. The van der Waals surface area contributed by atoms with Crippen molar-refractivity contribution in [3.05, 3.63) is 72.0 Å². The van der Waals surface area contributed by atoms with Gasteiger partial charge >= 0.3 is 0 Å². The van der Waals surface area contributed by atoms with Gasteiger partial charge in [0.2, 0.25) is 0 Å². The molecule has 2 heterocycles. The summed E-state index contributed by atoms with van der Waals surface area (Å²) in [5.74, 6) is 5.64. The predicted molar refractivity (Wildman–Crippen MR) is 94.7 cm³/mol. The lowest BCUT2D eigenvalue weighted by Gasteiger charge is -2.01. The first kappa shape index (κ1) is 16.4. The quantitative estimate of drug-likeness (QED) is 0.744. The third-order valence-electron chi connectivity index (χ3n) is 3.56. The van der Waals surface area contributed by atoms with E-state index in [9.17, 15) is 4.39 Å². The molecule has 0 saturated heterocycles. The summed E-state index contributed by atoms with van der Waals surface area (Å²) in [5.41, 5.74) is 2.26. The fourth-order valence-electron chi connectivity index (χ4n) is 2.35. The molecule has 122 valence electrons. The van der Waals surface area contributed by atoms with E-state index in [4.69, 9.17) is 5.26 Å². The van der Waals surface area contributed by atoms with E-state index < -0.39 is 5.82 Å².